The zero-order valence-electron chi connectivity index (χ0n) is 13.0. The van der Waals surface area contributed by atoms with Gasteiger partial charge in [0.25, 0.3) is 0 Å². The summed E-state index contributed by atoms with van der Waals surface area (Å²) in [6.45, 7) is 10.5. The molecular weight excluding hydrogens is 283 g/mol. The summed E-state index contributed by atoms with van der Waals surface area (Å²) in [5, 5.41) is 0. The highest BCUT2D eigenvalue weighted by Crippen LogP contribution is 2.42. The highest BCUT2D eigenvalue weighted by molar-refractivity contribution is 7.46. The van der Waals surface area contributed by atoms with Crippen molar-refractivity contribution in [3.63, 3.8) is 0 Å². The predicted octanol–water partition coefficient (Wildman–Crippen LogP) is 3.21. The van der Waals surface area contributed by atoms with E-state index < -0.39 is 13.4 Å². The molecule has 0 atom stereocenters. The molecule has 0 fully saturated rings. The van der Waals surface area contributed by atoms with Crippen LogP contribution in [-0.2, 0) is 18.6 Å². The van der Waals surface area contributed by atoms with Gasteiger partial charge in [-0.15, -0.1) is 0 Å². The summed E-state index contributed by atoms with van der Waals surface area (Å²) in [5.74, 6) is 0. The molecule has 7 heteroatoms. The van der Waals surface area contributed by atoms with Gasteiger partial charge in [0.1, 0.15) is 12.5 Å². The second kappa shape index (κ2) is 8.03. The second-order valence-electron chi connectivity index (χ2n) is 6.42. The van der Waals surface area contributed by atoms with Crippen LogP contribution in [-0.4, -0.2) is 28.6 Å². The standard InChI is InChI=1S/C13H27O6P/c1-12(2,3)6-8-17-10-11-18-9-7-13(4,5)19-20(14,15)16/h10-11H,6-9H2,1-5H3,(H2,14,15,16). The molecule has 0 saturated carbocycles. The van der Waals surface area contributed by atoms with Gasteiger partial charge in [0.05, 0.1) is 18.8 Å². The molecule has 0 aliphatic heterocycles. The van der Waals surface area contributed by atoms with Crippen LogP contribution in [0.5, 0.6) is 0 Å². The molecule has 0 bridgehead atoms. The van der Waals surface area contributed by atoms with Gasteiger partial charge in [0, 0.05) is 6.42 Å². The molecule has 0 aromatic rings. The Balaban J connectivity index is 3.73. The van der Waals surface area contributed by atoms with Gasteiger partial charge in [-0.2, -0.15) is 0 Å². The third-order valence-corrected chi connectivity index (χ3v) is 3.14. The monoisotopic (exact) mass is 310 g/mol. The average Bonchev–Trinajstić information content (AvgIpc) is 2.16. The van der Waals surface area contributed by atoms with Crippen molar-refractivity contribution in [1.29, 1.82) is 0 Å². The van der Waals surface area contributed by atoms with Gasteiger partial charge in [0.15, 0.2) is 0 Å². The SMILES string of the molecule is CC(C)(C)CCOC=COCCC(C)(C)OP(=O)(O)O. The summed E-state index contributed by atoms with van der Waals surface area (Å²) < 4.78 is 25.8. The van der Waals surface area contributed by atoms with Crippen LogP contribution in [0.25, 0.3) is 0 Å². The molecule has 0 amide bonds. The number of rotatable bonds is 9. The highest BCUT2D eigenvalue weighted by atomic mass is 31.2. The Morgan fingerprint density at radius 2 is 1.40 bits per heavy atom. The van der Waals surface area contributed by atoms with Crippen LogP contribution in [0.15, 0.2) is 12.5 Å². The van der Waals surface area contributed by atoms with Crippen molar-refractivity contribution in [2.75, 3.05) is 13.2 Å². The highest BCUT2D eigenvalue weighted by Gasteiger charge is 2.28. The van der Waals surface area contributed by atoms with Gasteiger partial charge >= 0.3 is 7.82 Å². The number of hydrogen-bond acceptors (Lipinski definition) is 4. The Morgan fingerprint density at radius 1 is 0.950 bits per heavy atom. The molecule has 0 aromatic carbocycles. The lowest BCUT2D eigenvalue weighted by atomic mass is 9.93. The Bertz CT molecular complexity index is 339. The van der Waals surface area contributed by atoms with Crippen LogP contribution < -0.4 is 0 Å². The van der Waals surface area contributed by atoms with Crippen LogP contribution >= 0.6 is 7.82 Å². The molecule has 20 heavy (non-hydrogen) atoms. The number of hydrogen-bond donors (Lipinski definition) is 2. The van der Waals surface area contributed by atoms with Crippen molar-refractivity contribution in [3.05, 3.63) is 12.5 Å². The first kappa shape index (κ1) is 19.4. The van der Waals surface area contributed by atoms with Crippen LogP contribution in [0.3, 0.4) is 0 Å². The van der Waals surface area contributed by atoms with E-state index in [4.69, 9.17) is 19.3 Å². The molecule has 2 N–H and O–H groups in total. The smallest absolute Gasteiger partial charge is 0.470 e. The first-order valence-corrected chi connectivity index (χ1v) is 8.09. The third kappa shape index (κ3) is 13.9. The average molecular weight is 310 g/mol. The molecule has 6 nitrogen and oxygen atoms in total. The zero-order chi connectivity index (χ0) is 15.9. The fourth-order valence-corrected chi connectivity index (χ4v) is 1.99. The van der Waals surface area contributed by atoms with E-state index in [0.29, 0.717) is 13.0 Å². The number of phosphoric acid groups is 1. The number of phosphoric ester groups is 1. The Morgan fingerprint density at radius 3 is 1.80 bits per heavy atom. The molecule has 120 valence electrons. The summed E-state index contributed by atoms with van der Waals surface area (Å²) in [6, 6.07) is 0. The summed E-state index contributed by atoms with van der Waals surface area (Å²) in [5.41, 5.74) is -0.710. The van der Waals surface area contributed by atoms with Gasteiger partial charge in [-0.05, 0) is 25.7 Å². The van der Waals surface area contributed by atoms with Crippen molar-refractivity contribution in [2.24, 2.45) is 5.41 Å². The normalized spacial score (nSPS) is 13.8. The fraction of sp³-hybridized carbons (Fsp3) is 0.846. The van der Waals surface area contributed by atoms with E-state index in [2.05, 4.69) is 25.3 Å². The van der Waals surface area contributed by atoms with E-state index in [9.17, 15) is 4.57 Å². The lowest BCUT2D eigenvalue weighted by Gasteiger charge is -2.24. The van der Waals surface area contributed by atoms with Crippen LogP contribution in [0.1, 0.15) is 47.5 Å². The first-order chi connectivity index (χ1) is 8.91. The van der Waals surface area contributed by atoms with E-state index in [-0.39, 0.29) is 12.0 Å². The minimum absolute atomic E-state index is 0.235. The summed E-state index contributed by atoms with van der Waals surface area (Å²) in [4.78, 5) is 17.5. The van der Waals surface area contributed by atoms with E-state index in [1.54, 1.807) is 13.8 Å². The van der Waals surface area contributed by atoms with Crippen LogP contribution in [0.2, 0.25) is 0 Å². The molecule has 0 heterocycles. The summed E-state index contributed by atoms with van der Waals surface area (Å²) >= 11 is 0. The molecule has 0 aliphatic rings. The maximum Gasteiger partial charge on any atom is 0.470 e. The summed E-state index contributed by atoms with van der Waals surface area (Å²) in [7, 11) is -4.47. The van der Waals surface area contributed by atoms with Crippen molar-refractivity contribution >= 4 is 7.82 Å². The molecule has 0 unspecified atom stereocenters. The van der Waals surface area contributed by atoms with E-state index >= 15 is 0 Å². The Kier molecular flexibility index (Phi) is 7.81. The largest absolute Gasteiger partial charge is 0.498 e. The quantitative estimate of drug-likeness (QED) is 0.386. The minimum atomic E-state index is -4.47. The van der Waals surface area contributed by atoms with Gasteiger partial charge in [-0.1, -0.05) is 20.8 Å². The van der Waals surface area contributed by atoms with E-state index in [1.807, 2.05) is 0 Å². The molecule has 0 saturated heterocycles. The van der Waals surface area contributed by atoms with Crippen LogP contribution in [0.4, 0.5) is 0 Å². The maximum atomic E-state index is 10.7. The second-order valence-corrected chi connectivity index (χ2v) is 7.58. The summed E-state index contributed by atoms with van der Waals surface area (Å²) in [6.07, 6.45) is 4.20. The molecule has 0 radical (unpaired) electrons. The Labute approximate surface area is 121 Å². The first-order valence-electron chi connectivity index (χ1n) is 6.56. The molecule has 0 spiro atoms. The van der Waals surface area contributed by atoms with Gasteiger partial charge < -0.3 is 19.3 Å². The van der Waals surface area contributed by atoms with E-state index in [1.165, 1.54) is 12.5 Å². The van der Waals surface area contributed by atoms with Gasteiger partial charge in [0.2, 0.25) is 0 Å². The number of ether oxygens (including phenoxy) is 2. The molecule has 0 aromatic heterocycles. The minimum Gasteiger partial charge on any atom is -0.498 e. The Hall–Kier alpha value is -0.550. The van der Waals surface area contributed by atoms with Crippen molar-refractivity contribution in [1.82, 2.24) is 0 Å². The lowest BCUT2D eigenvalue weighted by molar-refractivity contribution is 0.0397. The predicted molar refractivity (Wildman–Crippen MR) is 76.9 cm³/mol. The lowest BCUT2D eigenvalue weighted by Crippen LogP contribution is -2.24. The fourth-order valence-electron chi connectivity index (χ4n) is 1.25. The topological polar surface area (TPSA) is 85.2 Å². The van der Waals surface area contributed by atoms with Gasteiger partial charge in [-0.25, -0.2) is 4.57 Å². The van der Waals surface area contributed by atoms with Crippen molar-refractivity contribution in [2.45, 2.75) is 53.1 Å². The van der Waals surface area contributed by atoms with Crippen molar-refractivity contribution < 1.29 is 28.3 Å². The molecule has 0 rings (SSSR count). The zero-order valence-corrected chi connectivity index (χ0v) is 13.9. The molecule has 0 aliphatic carbocycles. The maximum absolute atomic E-state index is 10.7. The van der Waals surface area contributed by atoms with Gasteiger partial charge in [-0.3, -0.25) is 4.52 Å². The van der Waals surface area contributed by atoms with Crippen molar-refractivity contribution in [3.8, 4) is 0 Å². The molecular formula is C13H27O6P. The van der Waals surface area contributed by atoms with Crippen LogP contribution in [0, 0.1) is 5.41 Å². The van der Waals surface area contributed by atoms with E-state index in [0.717, 1.165) is 6.42 Å². The third-order valence-electron chi connectivity index (χ3n) is 2.41.